The van der Waals surface area contributed by atoms with Gasteiger partial charge < -0.3 is 5.32 Å². The highest BCUT2D eigenvalue weighted by Gasteiger charge is 1.97. The first-order valence-electron chi connectivity index (χ1n) is 6.93. The largest absolute Gasteiger partial charge is 0.357 e. The van der Waals surface area contributed by atoms with E-state index in [2.05, 4.69) is 28.8 Å². The fraction of sp³-hybridized carbons (Fsp3) is 0.176. The van der Waals surface area contributed by atoms with Crippen molar-refractivity contribution >= 4 is 23.5 Å². The molecular formula is C17H18FN3S. The van der Waals surface area contributed by atoms with Crippen molar-refractivity contribution in [2.75, 3.05) is 0 Å². The van der Waals surface area contributed by atoms with Crippen molar-refractivity contribution in [1.29, 1.82) is 0 Å². The smallest absolute Gasteiger partial charge is 0.187 e. The van der Waals surface area contributed by atoms with E-state index in [1.54, 1.807) is 18.3 Å². The van der Waals surface area contributed by atoms with Gasteiger partial charge in [-0.05, 0) is 54.9 Å². The number of thiocarbonyl (C=S) groups is 1. The maximum atomic E-state index is 12.8. The van der Waals surface area contributed by atoms with Crippen LogP contribution in [0.15, 0.2) is 47.6 Å². The van der Waals surface area contributed by atoms with Crippen LogP contribution in [0, 0.1) is 19.7 Å². The third kappa shape index (κ3) is 4.93. The Hall–Kier alpha value is -2.27. The van der Waals surface area contributed by atoms with Gasteiger partial charge in [0.15, 0.2) is 5.11 Å². The maximum absolute atomic E-state index is 12.8. The molecule has 22 heavy (non-hydrogen) atoms. The van der Waals surface area contributed by atoms with E-state index in [4.69, 9.17) is 12.2 Å². The number of nitrogens with one attached hydrogen (secondary N) is 2. The van der Waals surface area contributed by atoms with Crippen LogP contribution in [-0.4, -0.2) is 11.3 Å². The average Bonchev–Trinajstić information content (AvgIpc) is 2.49. The normalized spacial score (nSPS) is 10.7. The summed E-state index contributed by atoms with van der Waals surface area (Å²) >= 11 is 5.14. The zero-order valence-corrected chi connectivity index (χ0v) is 13.4. The van der Waals surface area contributed by atoms with Crippen LogP contribution in [0.3, 0.4) is 0 Å². The molecule has 0 aliphatic heterocycles. The van der Waals surface area contributed by atoms with Gasteiger partial charge in [0.05, 0.1) is 6.21 Å². The summed E-state index contributed by atoms with van der Waals surface area (Å²) in [4.78, 5) is 0. The zero-order valence-electron chi connectivity index (χ0n) is 12.6. The predicted molar refractivity (Wildman–Crippen MR) is 92.5 cm³/mol. The summed E-state index contributed by atoms with van der Waals surface area (Å²) in [5, 5.41) is 7.55. The summed E-state index contributed by atoms with van der Waals surface area (Å²) in [6.07, 6.45) is 1.74. The number of nitrogens with zero attached hydrogens (tertiary/aromatic N) is 1. The Morgan fingerprint density at radius 1 is 1.18 bits per heavy atom. The van der Waals surface area contributed by atoms with Gasteiger partial charge in [0.1, 0.15) is 5.82 Å². The summed E-state index contributed by atoms with van der Waals surface area (Å²) < 4.78 is 12.8. The first-order valence-corrected chi connectivity index (χ1v) is 7.34. The highest BCUT2D eigenvalue weighted by atomic mass is 32.1. The van der Waals surface area contributed by atoms with Crippen molar-refractivity contribution in [3.05, 3.63) is 70.5 Å². The van der Waals surface area contributed by atoms with Crippen molar-refractivity contribution in [3.8, 4) is 0 Å². The summed E-state index contributed by atoms with van der Waals surface area (Å²) in [5.74, 6) is -0.248. The molecule has 0 atom stereocenters. The minimum Gasteiger partial charge on any atom is -0.357 e. The van der Waals surface area contributed by atoms with Gasteiger partial charge in [0.25, 0.3) is 0 Å². The highest BCUT2D eigenvalue weighted by Crippen LogP contribution is 2.07. The number of hydrogen-bond donors (Lipinski definition) is 2. The molecule has 0 aliphatic carbocycles. The zero-order chi connectivity index (χ0) is 15.9. The Balaban J connectivity index is 1.82. The molecule has 2 aromatic rings. The Morgan fingerprint density at radius 2 is 1.91 bits per heavy atom. The van der Waals surface area contributed by atoms with E-state index in [0.717, 1.165) is 16.7 Å². The van der Waals surface area contributed by atoms with Crippen LogP contribution in [0.2, 0.25) is 0 Å². The molecule has 2 aromatic carbocycles. The quantitative estimate of drug-likeness (QED) is 0.515. The number of hydrogen-bond acceptors (Lipinski definition) is 2. The lowest BCUT2D eigenvalue weighted by Gasteiger charge is -2.07. The van der Waals surface area contributed by atoms with Gasteiger partial charge in [-0.3, -0.25) is 5.43 Å². The monoisotopic (exact) mass is 315 g/mol. The van der Waals surface area contributed by atoms with Crippen LogP contribution in [0.25, 0.3) is 0 Å². The van der Waals surface area contributed by atoms with Crippen molar-refractivity contribution < 1.29 is 4.39 Å². The van der Waals surface area contributed by atoms with Crippen molar-refractivity contribution in [1.82, 2.24) is 10.7 Å². The van der Waals surface area contributed by atoms with E-state index in [9.17, 15) is 4.39 Å². The number of hydrazone groups is 1. The summed E-state index contributed by atoms with van der Waals surface area (Å²) in [6, 6.07) is 12.4. The van der Waals surface area contributed by atoms with Crippen LogP contribution in [0.1, 0.15) is 22.3 Å². The van der Waals surface area contributed by atoms with Gasteiger partial charge in [-0.1, -0.05) is 35.9 Å². The maximum Gasteiger partial charge on any atom is 0.187 e. The van der Waals surface area contributed by atoms with E-state index < -0.39 is 0 Å². The molecule has 0 spiro atoms. The fourth-order valence-electron chi connectivity index (χ4n) is 1.96. The first-order chi connectivity index (χ1) is 10.5. The summed E-state index contributed by atoms with van der Waals surface area (Å²) in [5.41, 5.74) is 7.14. The molecule has 2 rings (SSSR count). The van der Waals surface area contributed by atoms with Gasteiger partial charge >= 0.3 is 0 Å². The molecule has 5 heteroatoms. The van der Waals surface area contributed by atoms with E-state index in [1.807, 2.05) is 19.1 Å². The molecule has 0 saturated heterocycles. The summed E-state index contributed by atoms with van der Waals surface area (Å²) in [6.45, 7) is 4.62. The van der Waals surface area contributed by atoms with Crippen molar-refractivity contribution in [3.63, 3.8) is 0 Å². The van der Waals surface area contributed by atoms with Crippen molar-refractivity contribution in [2.45, 2.75) is 20.4 Å². The number of benzene rings is 2. The predicted octanol–water partition coefficient (Wildman–Crippen LogP) is 3.44. The number of halogens is 1. The van der Waals surface area contributed by atoms with Gasteiger partial charge in [0, 0.05) is 6.54 Å². The van der Waals surface area contributed by atoms with E-state index in [0.29, 0.717) is 11.7 Å². The molecule has 0 fully saturated rings. The third-order valence-electron chi connectivity index (χ3n) is 3.16. The topological polar surface area (TPSA) is 36.4 Å². The molecule has 0 bridgehead atoms. The highest BCUT2D eigenvalue weighted by molar-refractivity contribution is 7.80. The number of aryl methyl sites for hydroxylation is 2. The lowest BCUT2D eigenvalue weighted by Crippen LogP contribution is -2.31. The van der Waals surface area contributed by atoms with Gasteiger partial charge in [-0.15, -0.1) is 0 Å². The summed E-state index contributed by atoms with van der Waals surface area (Å²) in [7, 11) is 0. The molecule has 0 heterocycles. The molecular weight excluding hydrogens is 297 g/mol. The minimum atomic E-state index is -0.248. The van der Waals surface area contributed by atoms with Gasteiger partial charge in [-0.2, -0.15) is 5.10 Å². The molecule has 0 amide bonds. The molecule has 2 N–H and O–H groups in total. The van der Waals surface area contributed by atoms with Gasteiger partial charge in [-0.25, -0.2) is 4.39 Å². The second-order valence-corrected chi connectivity index (χ2v) is 5.45. The Kier molecular flexibility index (Phi) is 5.61. The molecule has 0 saturated carbocycles. The molecule has 0 radical (unpaired) electrons. The minimum absolute atomic E-state index is 0.248. The van der Waals surface area contributed by atoms with E-state index >= 15 is 0 Å². The second-order valence-electron chi connectivity index (χ2n) is 5.04. The standard InChI is InChI=1S/C17H18FN3S/c1-12-3-6-15(13(2)9-12)11-20-21-17(22)19-10-14-4-7-16(18)8-5-14/h3-9,11H,10H2,1-2H3,(H2,19,21,22)/b20-11-. The fourth-order valence-corrected chi connectivity index (χ4v) is 2.08. The molecule has 0 aliphatic rings. The second kappa shape index (κ2) is 7.66. The lowest BCUT2D eigenvalue weighted by molar-refractivity contribution is 0.626. The lowest BCUT2D eigenvalue weighted by atomic mass is 10.1. The van der Waals surface area contributed by atoms with Crippen LogP contribution in [0.4, 0.5) is 4.39 Å². The average molecular weight is 315 g/mol. The van der Waals surface area contributed by atoms with Crippen molar-refractivity contribution in [2.24, 2.45) is 5.10 Å². The number of rotatable bonds is 4. The first kappa shape index (κ1) is 16.1. The molecule has 0 aromatic heterocycles. The van der Waals surface area contributed by atoms with Crippen LogP contribution < -0.4 is 10.7 Å². The van der Waals surface area contributed by atoms with Gasteiger partial charge in [0.2, 0.25) is 0 Å². The Morgan fingerprint density at radius 3 is 2.59 bits per heavy atom. The Labute approximate surface area is 135 Å². The van der Waals surface area contributed by atoms with Crippen LogP contribution in [0.5, 0.6) is 0 Å². The Bertz CT molecular complexity index is 681. The van der Waals surface area contributed by atoms with Crippen LogP contribution in [-0.2, 0) is 6.54 Å². The molecule has 3 nitrogen and oxygen atoms in total. The van der Waals surface area contributed by atoms with Crippen LogP contribution >= 0.6 is 12.2 Å². The SMILES string of the molecule is Cc1ccc(/C=N\NC(=S)NCc2ccc(F)cc2)c(C)c1. The van der Waals surface area contributed by atoms with E-state index in [-0.39, 0.29) is 5.82 Å². The molecule has 114 valence electrons. The third-order valence-corrected chi connectivity index (χ3v) is 3.40. The molecule has 0 unspecified atom stereocenters. The van der Waals surface area contributed by atoms with E-state index in [1.165, 1.54) is 17.7 Å².